The summed E-state index contributed by atoms with van der Waals surface area (Å²) in [6.07, 6.45) is 2.88. The molecule has 1 heterocycles. The summed E-state index contributed by atoms with van der Waals surface area (Å²) in [4.78, 5) is 14.1. The van der Waals surface area contributed by atoms with Crippen molar-refractivity contribution in [3.05, 3.63) is 29.6 Å². The summed E-state index contributed by atoms with van der Waals surface area (Å²) >= 11 is 0. The van der Waals surface area contributed by atoms with Gasteiger partial charge in [0.05, 0.1) is 6.10 Å². The number of hydrogen-bond donors (Lipinski definition) is 2. The van der Waals surface area contributed by atoms with Gasteiger partial charge < -0.3 is 15.1 Å². The van der Waals surface area contributed by atoms with Crippen molar-refractivity contribution in [3.8, 4) is 5.75 Å². The van der Waals surface area contributed by atoms with Crippen molar-refractivity contribution >= 4 is 5.78 Å². The topological polar surface area (TPSA) is 60.8 Å². The lowest BCUT2D eigenvalue weighted by Crippen LogP contribution is -2.46. The molecule has 1 aliphatic heterocycles. The zero-order chi connectivity index (χ0) is 17.7. The second-order valence-electron chi connectivity index (χ2n) is 6.98. The molecule has 2 N–H and O–H groups in total. The lowest BCUT2D eigenvalue weighted by Gasteiger charge is -2.40. The van der Waals surface area contributed by atoms with Gasteiger partial charge in [0.2, 0.25) is 0 Å². The number of nitrogens with zero attached hydrogens (tertiary/aromatic N) is 1. The van der Waals surface area contributed by atoms with Gasteiger partial charge in [-0.2, -0.15) is 0 Å². The van der Waals surface area contributed by atoms with E-state index in [1.165, 1.54) is 18.2 Å². The summed E-state index contributed by atoms with van der Waals surface area (Å²) in [5.41, 5.74) is -0.0499. The molecule has 1 aromatic rings. The van der Waals surface area contributed by atoms with Crippen molar-refractivity contribution in [1.29, 1.82) is 0 Å². The monoisotopic (exact) mass is 337 g/mol. The highest BCUT2D eigenvalue weighted by atomic mass is 19.1. The summed E-state index contributed by atoms with van der Waals surface area (Å²) in [6.45, 7) is 5.73. The number of carbonyl (C=O) groups excluding carboxylic acids is 1. The number of Topliss-reactive ketones (excluding diaryl/α,β-unsaturated/α-hetero) is 1. The third-order valence-corrected chi connectivity index (χ3v) is 5.29. The van der Waals surface area contributed by atoms with E-state index >= 15 is 0 Å². The Hall–Kier alpha value is -1.46. The molecule has 0 aliphatic carbocycles. The number of phenols is 1. The van der Waals surface area contributed by atoms with Gasteiger partial charge in [-0.05, 0) is 51.4 Å². The van der Waals surface area contributed by atoms with Gasteiger partial charge in [-0.1, -0.05) is 19.4 Å². The molecular formula is C19H28FNO3. The molecular weight excluding hydrogens is 309 g/mol. The largest absolute Gasteiger partial charge is 0.508 e. The van der Waals surface area contributed by atoms with E-state index in [-0.39, 0.29) is 28.9 Å². The van der Waals surface area contributed by atoms with Gasteiger partial charge in [0.1, 0.15) is 17.3 Å². The van der Waals surface area contributed by atoms with E-state index < -0.39 is 11.9 Å². The average Bonchev–Trinajstić information content (AvgIpc) is 2.53. The quantitative estimate of drug-likeness (QED) is 0.803. The minimum Gasteiger partial charge on any atom is -0.508 e. The predicted molar refractivity (Wildman–Crippen MR) is 91.5 cm³/mol. The second kappa shape index (κ2) is 8.08. The Morgan fingerprint density at radius 2 is 2.04 bits per heavy atom. The zero-order valence-corrected chi connectivity index (χ0v) is 14.6. The third-order valence-electron chi connectivity index (χ3n) is 5.29. The molecule has 1 unspecified atom stereocenters. The van der Waals surface area contributed by atoms with Crippen LogP contribution in [0.4, 0.5) is 4.39 Å². The maximum absolute atomic E-state index is 13.7. The predicted octanol–water partition coefficient (Wildman–Crippen LogP) is 2.91. The van der Waals surface area contributed by atoms with Crippen molar-refractivity contribution < 1.29 is 19.4 Å². The van der Waals surface area contributed by atoms with Crippen LogP contribution in [0.2, 0.25) is 0 Å². The minimum atomic E-state index is -0.746. The first-order valence-electron chi connectivity index (χ1n) is 8.76. The number of ketones is 1. The Balaban J connectivity index is 1.90. The fourth-order valence-corrected chi connectivity index (χ4v) is 3.77. The molecule has 0 aromatic heterocycles. The van der Waals surface area contributed by atoms with E-state index in [4.69, 9.17) is 0 Å². The number of carbonyl (C=O) groups is 1. The number of halogens is 1. The molecule has 0 spiro atoms. The first kappa shape index (κ1) is 18.9. The first-order valence-corrected chi connectivity index (χ1v) is 8.76. The maximum Gasteiger partial charge on any atom is 0.136 e. The van der Waals surface area contributed by atoms with Crippen molar-refractivity contribution in [2.45, 2.75) is 52.1 Å². The van der Waals surface area contributed by atoms with Crippen LogP contribution in [0.15, 0.2) is 18.2 Å². The van der Waals surface area contributed by atoms with E-state index in [0.29, 0.717) is 6.54 Å². The standard InChI is InChI=1S/C19H28FNO3/c1-3-7-19(14(2)22)8-10-21(11-9-19)13-15(23)12-16-17(20)5-4-6-18(16)24/h4-6,15,23-24H,3,7-13H2,1-2H3. The first-order chi connectivity index (χ1) is 11.4. The fourth-order valence-electron chi connectivity index (χ4n) is 3.77. The molecule has 4 nitrogen and oxygen atoms in total. The Morgan fingerprint density at radius 3 is 2.58 bits per heavy atom. The SMILES string of the molecule is CCCC1(C(C)=O)CCN(CC(O)Cc2c(O)cccc2F)CC1. The number of likely N-dealkylation sites (tertiary alicyclic amines) is 1. The minimum absolute atomic E-state index is 0.0851. The van der Waals surface area contributed by atoms with Crippen molar-refractivity contribution in [3.63, 3.8) is 0 Å². The highest BCUT2D eigenvalue weighted by Gasteiger charge is 2.38. The molecule has 1 saturated heterocycles. The van der Waals surface area contributed by atoms with Crippen molar-refractivity contribution in [1.82, 2.24) is 4.90 Å². The van der Waals surface area contributed by atoms with E-state index in [0.717, 1.165) is 38.8 Å². The van der Waals surface area contributed by atoms with E-state index in [1.807, 2.05) is 0 Å². The Kier molecular flexibility index (Phi) is 6.35. The third kappa shape index (κ3) is 4.33. The van der Waals surface area contributed by atoms with Crippen LogP contribution in [0.5, 0.6) is 5.75 Å². The van der Waals surface area contributed by atoms with Crippen LogP contribution in [0.3, 0.4) is 0 Å². The number of hydrogen-bond acceptors (Lipinski definition) is 4. The van der Waals surface area contributed by atoms with Gasteiger partial charge in [0.15, 0.2) is 0 Å². The van der Waals surface area contributed by atoms with Crippen LogP contribution in [0.25, 0.3) is 0 Å². The van der Waals surface area contributed by atoms with Crippen LogP contribution in [0.1, 0.15) is 45.1 Å². The molecule has 0 saturated carbocycles. The summed E-state index contributed by atoms with van der Waals surface area (Å²) in [6, 6.07) is 4.16. The molecule has 1 fully saturated rings. The molecule has 24 heavy (non-hydrogen) atoms. The van der Waals surface area contributed by atoms with Gasteiger partial charge in [0.25, 0.3) is 0 Å². The number of piperidine rings is 1. The van der Waals surface area contributed by atoms with Crippen LogP contribution in [-0.4, -0.2) is 46.6 Å². The van der Waals surface area contributed by atoms with Gasteiger partial charge in [-0.25, -0.2) is 4.39 Å². The molecule has 0 amide bonds. The van der Waals surface area contributed by atoms with Crippen LogP contribution in [0, 0.1) is 11.2 Å². The number of rotatable bonds is 7. The molecule has 1 atom stereocenters. The molecule has 2 rings (SSSR count). The number of benzene rings is 1. The van der Waals surface area contributed by atoms with Crippen LogP contribution >= 0.6 is 0 Å². The molecule has 0 radical (unpaired) electrons. The van der Waals surface area contributed by atoms with Crippen LogP contribution in [-0.2, 0) is 11.2 Å². The Labute approximate surface area is 143 Å². The number of β-amino-alcohol motifs (C(OH)–C–C–N with tert-alkyl or cyclic N) is 1. The maximum atomic E-state index is 13.7. The summed E-state index contributed by atoms with van der Waals surface area (Å²) in [5, 5.41) is 20.0. The molecule has 134 valence electrons. The fraction of sp³-hybridized carbons (Fsp3) is 0.632. The van der Waals surface area contributed by atoms with E-state index in [1.54, 1.807) is 6.92 Å². The molecule has 1 aliphatic rings. The van der Waals surface area contributed by atoms with E-state index in [9.17, 15) is 19.4 Å². The smallest absolute Gasteiger partial charge is 0.136 e. The second-order valence-corrected chi connectivity index (χ2v) is 6.98. The normalized spacial score (nSPS) is 19.2. The molecule has 0 bridgehead atoms. The van der Waals surface area contributed by atoms with Crippen LogP contribution < -0.4 is 0 Å². The molecule has 1 aromatic carbocycles. The highest BCUT2D eigenvalue weighted by molar-refractivity contribution is 5.82. The summed E-state index contributed by atoms with van der Waals surface area (Å²) in [5.74, 6) is -0.349. The van der Waals surface area contributed by atoms with Gasteiger partial charge in [-0.3, -0.25) is 4.79 Å². The van der Waals surface area contributed by atoms with Gasteiger partial charge >= 0.3 is 0 Å². The highest BCUT2D eigenvalue weighted by Crippen LogP contribution is 2.37. The van der Waals surface area contributed by atoms with E-state index in [2.05, 4.69) is 11.8 Å². The Bertz CT molecular complexity index is 547. The number of phenolic OH excluding ortho intramolecular Hbond substituents is 1. The summed E-state index contributed by atoms with van der Waals surface area (Å²) in [7, 11) is 0. The van der Waals surface area contributed by atoms with Gasteiger partial charge in [0, 0.05) is 23.9 Å². The Morgan fingerprint density at radius 1 is 1.38 bits per heavy atom. The average molecular weight is 337 g/mol. The van der Waals surface area contributed by atoms with Crippen molar-refractivity contribution in [2.75, 3.05) is 19.6 Å². The summed E-state index contributed by atoms with van der Waals surface area (Å²) < 4.78 is 13.7. The lowest BCUT2D eigenvalue weighted by molar-refractivity contribution is -0.130. The lowest BCUT2D eigenvalue weighted by atomic mass is 9.72. The van der Waals surface area contributed by atoms with Gasteiger partial charge in [-0.15, -0.1) is 0 Å². The van der Waals surface area contributed by atoms with Crippen molar-refractivity contribution in [2.24, 2.45) is 5.41 Å². The molecule has 5 heteroatoms. The number of aliphatic hydroxyl groups is 1. The zero-order valence-electron chi connectivity index (χ0n) is 14.6. The number of aliphatic hydroxyl groups excluding tert-OH is 1. The number of aromatic hydroxyl groups is 1.